The number of carbonyl (C=O) groups excluding carboxylic acids is 2. The third-order valence-corrected chi connectivity index (χ3v) is 10.0. The zero-order valence-electron chi connectivity index (χ0n) is 26.0. The Morgan fingerprint density at radius 1 is 1.05 bits per heavy atom. The summed E-state index contributed by atoms with van der Waals surface area (Å²) in [7, 11) is -4.05. The van der Waals surface area contributed by atoms with Gasteiger partial charge in [0.1, 0.15) is 6.04 Å². The quantitative estimate of drug-likeness (QED) is 0.235. The Hall–Kier alpha value is -3.19. The number of benzene rings is 2. The fourth-order valence-electron chi connectivity index (χ4n) is 5.49. The van der Waals surface area contributed by atoms with E-state index in [0.29, 0.717) is 24.3 Å². The van der Waals surface area contributed by atoms with Gasteiger partial charge in [-0.05, 0) is 55.3 Å². The Morgan fingerprint density at radius 2 is 1.77 bits per heavy atom. The number of nitrogens with one attached hydrogen (secondary N) is 3. The predicted molar refractivity (Wildman–Crippen MR) is 167 cm³/mol. The highest BCUT2D eigenvalue weighted by molar-refractivity contribution is 7.89. The van der Waals surface area contributed by atoms with Crippen molar-refractivity contribution in [3.05, 3.63) is 54.1 Å². The number of hydrogen-bond acceptors (Lipinski definition) is 8. The second-order valence-electron chi connectivity index (χ2n) is 12.1. The van der Waals surface area contributed by atoms with E-state index in [4.69, 9.17) is 9.47 Å². The molecule has 2 aliphatic heterocycles. The molecule has 2 unspecified atom stereocenters. The van der Waals surface area contributed by atoms with Gasteiger partial charge in [0.2, 0.25) is 28.6 Å². The Balaban J connectivity index is 1.58. The molecule has 2 aromatic carbocycles. The smallest absolute Gasteiger partial charge is 0.243 e. The van der Waals surface area contributed by atoms with Crippen LogP contribution >= 0.6 is 0 Å². The molecule has 11 nitrogen and oxygen atoms in total. The van der Waals surface area contributed by atoms with Gasteiger partial charge < -0.3 is 30.5 Å². The van der Waals surface area contributed by atoms with Crippen molar-refractivity contribution in [3.8, 4) is 11.5 Å². The number of amides is 2. The molecule has 2 amide bonds. The highest BCUT2D eigenvalue weighted by Gasteiger charge is 2.35. The number of aliphatic hydroxyl groups is 1. The van der Waals surface area contributed by atoms with E-state index in [1.807, 2.05) is 58.0 Å². The van der Waals surface area contributed by atoms with E-state index in [9.17, 15) is 23.1 Å². The summed E-state index contributed by atoms with van der Waals surface area (Å²) >= 11 is 0. The lowest BCUT2D eigenvalue weighted by molar-refractivity contribution is -0.132. The van der Waals surface area contributed by atoms with Crippen LogP contribution < -0.4 is 25.4 Å². The molecule has 2 aromatic rings. The highest BCUT2D eigenvalue weighted by Crippen LogP contribution is 2.35. The van der Waals surface area contributed by atoms with E-state index in [1.165, 1.54) is 16.4 Å². The topological polar surface area (TPSA) is 146 Å². The van der Waals surface area contributed by atoms with Gasteiger partial charge in [-0.2, -0.15) is 4.31 Å². The lowest BCUT2D eigenvalue weighted by atomic mass is 9.95. The van der Waals surface area contributed by atoms with Crippen LogP contribution in [0.2, 0.25) is 0 Å². The SMILES string of the molecule is CCC(C)[C@H](NC(=O)[C@@H]1CCCN1)C(=O)N[C@@H](Cc1ccccc1)C(O)CN(CC(C)C)S(=O)(=O)c1ccc2c(c1)OCO2. The minimum absolute atomic E-state index is 0.0172. The number of sulfonamides is 1. The fraction of sp³-hybridized carbons (Fsp3) is 0.562. The van der Waals surface area contributed by atoms with Crippen LogP contribution in [0.1, 0.15) is 52.5 Å². The largest absolute Gasteiger partial charge is 0.454 e. The summed E-state index contributed by atoms with van der Waals surface area (Å²) in [6, 6.07) is 11.9. The standard InChI is InChI=1S/C32H46N4O7S/c1-5-22(4)30(35-31(38)25-12-9-15-33-25)32(39)34-26(16-23-10-7-6-8-11-23)27(37)19-36(18-21(2)3)44(40,41)24-13-14-28-29(17-24)43-20-42-28/h6-8,10-11,13-14,17,21-22,25-27,30,33,37H,5,9,12,15-16,18-20H2,1-4H3,(H,34,39)(H,35,38)/t22?,25-,26-,27?,30-/m0/s1. The molecule has 0 radical (unpaired) electrons. The summed E-state index contributed by atoms with van der Waals surface area (Å²) in [5.74, 6) is -0.0326. The van der Waals surface area contributed by atoms with Gasteiger partial charge >= 0.3 is 0 Å². The molecule has 12 heteroatoms. The second-order valence-corrected chi connectivity index (χ2v) is 14.1. The van der Waals surface area contributed by atoms with Crippen molar-refractivity contribution in [2.45, 2.75) is 82.5 Å². The normalized spacial score (nSPS) is 19.0. The maximum atomic E-state index is 13.9. The molecule has 2 heterocycles. The maximum absolute atomic E-state index is 13.9. The summed E-state index contributed by atoms with van der Waals surface area (Å²) in [5.41, 5.74) is 0.866. The van der Waals surface area contributed by atoms with Gasteiger partial charge in [-0.25, -0.2) is 8.42 Å². The first-order valence-corrected chi connectivity index (χ1v) is 16.9. The van der Waals surface area contributed by atoms with Gasteiger partial charge in [-0.15, -0.1) is 0 Å². The van der Waals surface area contributed by atoms with Crippen LogP contribution in [-0.2, 0) is 26.0 Å². The Bertz CT molecular complexity index is 1370. The predicted octanol–water partition coefficient (Wildman–Crippen LogP) is 2.43. The molecular formula is C32H46N4O7S. The van der Waals surface area contributed by atoms with Crippen molar-refractivity contribution < 1.29 is 32.6 Å². The zero-order valence-corrected chi connectivity index (χ0v) is 26.8. The molecule has 1 saturated heterocycles. The van der Waals surface area contributed by atoms with E-state index >= 15 is 0 Å². The molecule has 0 aromatic heterocycles. The van der Waals surface area contributed by atoms with E-state index < -0.39 is 34.1 Å². The first kappa shape index (κ1) is 33.7. The van der Waals surface area contributed by atoms with E-state index in [1.54, 1.807) is 6.07 Å². The van der Waals surface area contributed by atoms with Gasteiger partial charge in [-0.1, -0.05) is 64.4 Å². The minimum Gasteiger partial charge on any atom is -0.454 e. The molecular weight excluding hydrogens is 584 g/mol. The number of aliphatic hydroxyl groups excluding tert-OH is 1. The van der Waals surface area contributed by atoms with Crippen LogP contribution in [0.4, 0.5) is 0 Å². The fourth-order valence-corrected chi connectivity index (χ4v) is 7.13. The van der Waals surface area contributed by atoms with Crippen molar-refractivity contribution in [1.82, 2.24) is 20.3 Å². The van der Waals surface area contributed by atoms with Crippen molar-refractivity contribution in [3.63, 3.8) is 0 Å². The molecule has 4 N–H and O–H groups in total. The Morgan fingerprint density at radius 3 is 2.43 bits per heavy atom. The van der Waals surface area contributed by atoms with Gasteiger partial charge in [0.05, 0.1) is 23.1 Å². The summed E-state index contributed by atoms with van der Waals surface area (Å²) in [5, 5.41) is 20.7. The number of carbonyl (C=O) groups is 2. The van der Waals surface area contributed by atoms with Crippen LogP contribution in [0.15, 0.2) is 53.4 Å². The minimum atomic E-state index is -4.05. The number of rotatable bonds is 15. The van der Waals surface area contributed by atoms with Crippen LogP contribution in [0.25, 0.3) is 0 Å². The first-order chi connectivity index (χ1) is 21.0. The van der Waals surface area contributed by atoms with E-state index in [2.05, 4.69) is 16.0 Å². The van der Waals surface area contributed by atoms with Crippen molar-refractivity contribution in [1.29, 1.82) is 0 Å². The van der Waals surface area contributed by atoms with Crippen LogP contribution in [0.3, 0.4) is 0 Å². The molecule has 242 valence electrons. The van der Waals surface area contributed by atoms with Crippen molar-refractivity contribution in [2.24, 2.45) is 11.8 Å². The molecule has 2 aliphatic rings. The summed E-state index contributed by atoms with van der Waals surface area (Å²) in [4.78, 5) is 26.8. The third-order valence-electron chi connectivity index (χ3n) is 8.20. The number of ether oxygens (including phenoxy) is 2. The van der Waals surface area contributed by atoms with Crippen LogP contribution in [0, 0.1) is 11.8 Å². The average molecular weight is 631 g/mol. The van der Waals surface area contributed by atoms with Gasteiger partial charge in [0.25, 0.3) is 0 Å². The summed E-state index contributed by atoms with van der Waals surface area (Å²) in [6.07, 6.45) is 1.26. The first-order valence-electron chi connectivity index (χ1n) is 15.5. The average Bonchev–Trinajstić information content (AvgIpc) is 3.71. The number of nitrogens with zero attached hydrogens (tertiary/aromatic N) is 1. The Labute approximate surface area is 260 Å². The molecule has 4 rings (SSSR count). The van der Waals surface area contributed by atoms with E-state index in [0.717, 1.165) is 18.5 Å². The second kappa shape index (κ2) is 15.2. The molecule has 5 atom stereocenters. The third kappa shape index (κ3) is 8.50. The number of fused-ring (bicyclic) bond motifs is 1. The van der Waals surface area contributed by atoms with Crippen LogP contribution in [-0.4, -0.2) is 80.3 Å². The molecule has 0 spiro atoms. The Kier molecular flexibility index (Phi) is 11.6. The lowest BCUT2D eigenvalue weighted by Gasteiger charge is -2.32. The van der Waals surface area contributed by atoms with Crippen LogP contribution in [0.5, 0.6) is 11.5 Å². The summed E-state index contributed by atoms with van der Waals surface area (Å²) in [6.45, 7) is 8.32. The van der Waals surface area contributed by atoms with Gasteiger partial charge in [-0.3, -0.25) is 9.59 Å². The molecule has 1 fully saturated rings. The maximum Gasteiger partial charge on any atom is 0.243 e. The van der Waals surface area contributed by atoms with Gasteiger partial charge in [0, 0.05) is 19.2 Å². The highest BCUT2D eigenvalue weighted by atomic mass is 32.2. The molecule has 0 aliphatic carbocycles. The summed E-state index contributed by atoms with van der Waals surface area (Å²) < 4.78 is 39.7. The van der Waals surface area contributed by atoms with Crippen molar-refractivity contribution >= 4 is 21.8 Å². The molecule has 0 saturated carbocycles. The number of hydrogen-bond donors (Lipinski definition) is 4. The molecule has 44 heavy (non-hydrogen) atoms. The molecule has 0 bridgehead atoms. The lowest BCUT2D eigenvalue weighted by Crippen LogP contribution is -2.58. The van der Waals surface area contributed by atoms with E-state index in [-0.39, 0.29) is 55.0 Å². The zero-order chi connectivity index (χ0) is 31.9. The van der Waals surface area contributed by atoms with Crippen molar-refractivity contribution in [2.75, 3.05) is 26.4 Å². The van der Waals surface area contributed by atoms with Gasteiger partial charge in [0.15, 0.2) is 11.5 Å². The monoisotopic (exact) mass is 630 g/mol.